The topological polar surface area (TPSA) is 42.4 Å². The van der Waals surface area contributed by atoms with Crippen LogP contribution in [0.3, 0.4) is 0 Å². The second kappa shape index (κ2) is 6.50. The van der Waals surface area contributed by atoms with Crippen molar-refractivity contribution < 1.29 is 9.53 Å². The minimum absolute atomic E-state index is 0.182. The highest BCUT2D eigenvalue weighted by Crippen LogP contribution is 2.15. The van der Waals surface area contributed by atoms with Crippen LogP contribution in [0.25, 0.3) is 0 Å². The summed E-state index contributed by atoms with van der Waals surface area (Å²) in [6.07, 6.45) is 4.48. The standard InChI is InChI=1S/C14H22N2O2/c1-5-18-13(17)14(2,3)16(4)10-8-12-7-6-9-15-11-12/h6-7,9,11H,5,8,10H2,1-4H3. The molecule has 0 aromatic carbocycles. The van der Waals surface area contributed by atoms with Gasteiger partial charge in [0.05, 0.1) is 6.61 Å². The third-order valence-electron chi connectivity index (χ3n) is 3.19. The highest BCUT2D eigenvalue weighted by molar-refractivity contribution is 5.79. The lowest BCUT2D eigenvalue weighted by Gasteiger charge is -2.33. The summed E-state index contributed by atoms with van der Waals surface area (Å²) in [6, 6.07) is 3.96. The van der Waals surface area contributed by atoms with E-state index in [0.717, 1.165) is 13.0 Å². The first-order chi connectivity index (χ1) is 8.48. The maximum absolute atomic E-state index is 11.8. The molecule has 0 fully saturated rings. The smallest absolute Gasteiger partial charge is 0.325 e. The maximum atomic E-state index is 11.8. The summed E-state index contributed by atoms with van der Waals surface area (Å²) < 4.78 is 5.09. The van der Waals surface area contributed by atoms with Crippen LogP contribution >= 0.6 is 0 Å². The number of ether oxygens (including phenoxy) is 1. The summed E-state index contributed by atoms with van der Waals surface area (Å²) in [6.45, 7) is 6.79. The number of nitrogens with zero attached hydrogens (tertiary/aromatic N) is 2. The SMILES string of the molecule is CCOC(=O)C(C)(C)N(C)CCc1cccnc1. The Hall–Kier alpha value is -1.42. The van der Waals surface area contributed by atoms with Crippen LogP contribution in [0.4, 0.5) is 0 Å². The predicted molar refractivity (Wildman–Crippen MR) is 71.3 cm³/mol. The molecule has 1 heterocycles. The first kappa shape index (κ1) is 14.6. The summed E-state index contributed by atoms with van der Waals surface area (Å²) in [5.41, 5.74) is 0.571. The van der Waals surface area contributed by atoms with Crippen molar-refractivity contribution in [3.05, 3.63) is 30.1 Å². The van der Waals surface area contributed by atoms with E-state index in [2.05, 4.69) is 4.98 Å². The van der Waals surface area contributed by atoms with Crippen molar-refractivity contribution in [1.82, 2.24) is 9.88 Å². The zero-order valence-electron chi connectivity index (χ0n) is 11.6. The quantitative estimate of drug-likeness (QED) is 0.723. The van der Waals surface area contributed by atoms with Crippen LogP contribution in [0.5, 0.6) is 0 Å². The Morgan fingerprint density at radius 3 is 2.78 bits per heavy atom. The predicted octanol–water partition coefficient (Wildman–Crippen LogP) is 1.90. The van der Waals surface area contributed by atoms with E-state index in [1.165, 1.54) is 5.56 Å². The van der Waals surface area contributed by atoms with Crippen molar-refractivity contribution in [2.75, 3.05) is 20.2 Å². The van der Waals surface area contributed by atoms with Gasteiger partial charge in [-0.3, -0.25) is 14.7 Å². The first-order valence-electron chi connectivity index (χ1n) is 6.26. The van der Waals surface area contributed by atoms with Crippen molar-refractivity contribution >= 4 is 5.97 Å². The van der Waals surface area contributed by atoms with E-state index in [1.807, 2.05) is 51.0 Å². The number of aromatic nitrogens is 1. The molecule has 4 heteroatoms. The fraction of sp³-hybridized carbons (Fsp3) is 0.571. The average Bonchev–Trinajstić information content (AvgIpc) is 2.37. The van der Waals surface area contributed by atoms with Crippen LogP contribution in [0.2, 0.25) is 0 Å². The molecule has 0 spiro atoms. The van der Waals surface area contributed by atoms with Gasteiger partial charge in [-0.25, -0.2) is 0 Å². The number of rotatable bonds is 6. The van der Waals surface area contributed by atoms with Crippen LogP contribution < -0.4 is 0 Å². The second-order valence-electron chi connectivity index (χ2n) is 4.81. The molecule has 4 nitrogen and oxygen atoms in total. The molecule has 0 amide bonds. The second-order valence-corrected chi connectivity index (χ2v) is 4.81. The minimum Gasteiger partial charge on any atom is -0.465 e. The Kier molecular flexibility index (Phi) is 5.28. The molecule has 0 bridgehead atoms. The monoisotopic (exact) mass is 250 g/mol. The van der Waals surface area contributed by atoms with E-state index in [0.29, 0.717) is 6.61 Å². The number of hydrogen-bond donors (Lipinski definition) is 0. The average molecular weight is 250 g/mol. The van der Waals surface area contributed by atoms with E-state index in [-0.39, 0.29) is 5.97 Å². The molecule has 0 N–H and O–H groups in total. The molecule has 0 aliphatic heterocycles. The van der Waals surface area contributed by atoms with Gasteiger partial charge in [-0.15, -0.1) is 0 Å². The number of carbonyl (C=O) groups is 1. The molecule has 0 saturated heterocycles. The summed E-state index contributed by atoms with van der Waals surface area (Å²) in [5, 5.41) is 0. The highest BCUT2D eigenvalue weighted by atomic mass is 16.5. The highest BCUT2D eigenvalue weighted by Gasteiger charge is 2.33. The summed E-state index contributed by atoms with van der Waals surface area (Å²) in [4.78, 5) is 17.9. The van der Waals surface area contributed by atoms with Gasteiger partial charge in [-0.2, -0.15) is 0 Å². The Bertz CT molecular complexity index is 377. The van der Waals surface area contributed by atoms with E-state index in [9.17, 15) is 4.79 Å². The van der Waals surface area contributed by atoms with Gasteiger partial charge in [-0.05, 0) is 45.9 Å². The van der Waals surface area contributed by atoms with E-state index < -0.39 is 5.54 Å². The molecular weight excluding hydrogens is 228 g/mol. The number of esters is 1. The molecule has 0 unspecified atom stereocenters. The number of carbonyl (C=O) groups excluding carboxylic acids is 1. The van der Waals surface area contributed by atoms with Gasteiger partial charge < -0.3 is 4.74 Å². The number of likely N-dealkylation sites (N-methyl/N-ethyl adjacent to an activating group) is 1. The van der Waals surface area contributed by atoms with E-state index in [1.54, 1.807) is 6.20 Å². The molecule has 1 aromatic heterocycles. The molecule has 0 radical (unpaired) electrons. The maximum Gasteiger partial charge on any atom is 0.325 e. The molecular formula is C14H22N2O2. The third kappa shape index (κ3) is 3.81. The van der Waals surface area contributed by atoms with Gasteiger partial charge >= 0.3 is 5.97 Å². The number of pyridine rings is 1. The Morgan fingerprint density at radius 1 is 1.50 bits per heavy atom. The molecule has 18 heavy (non-hydrogen) atoms. The first-order valence-corrected chi connectivity index (χ1v) is 6.26. The summed E-state index contributed by atoms with van der Waals surface area (Å²) in [7, 11) is 1.94. The summed E-state index contributed by atoms with van der Waals surface area (Å²) in [5.74, 6) is -0.182. The summed E-state index contributed by atoms with van der Waals surface area (Å²) >= 11 is 0. The Labute approximate surface area is 109 Å². The van der Waals surface area contributed by atoms with Gasteiger partial charge in [0, 0.05) is 18.9 Å². The minimum atomic E-state index is -0.599. The largest absolute Gasteiger partial charge is 0.465 e. The molecule has 0 aliphatic carbocycles. The Morgan fingerprint density at radius 2 is 2.22 bits per heavy atom. The Balaban J connectivity index is 2.54. The molecule has 1 aromatic rings. The molecule has 0 aliphatic rings. The molecule has 100 valence electrons. The van der Waals surface area contributed by atoms with Crippen molar-refractivity contribution in [3.8, 4) is 0 Å². The molecule has 0 atom stereocenters. The molecule has 0 saturated carbocycles. The van der Waals surface area contributed by atoms with Gasteiger partial charge in [0.25, 0.3) is 0 Å². The fourth-order valence-electron chi connectivity index (χ4n) is 1.59. The van der Waals surface area contributed by atoms with Crippen LogP contribution in [0.1, 0.15) is 26.3 Å². The van der Waals surface area contributed by atoms with Gasteiger partial charge in [0.1, 0.15) is 5.54 Å². The van der Waals surface area contributed by atoms with E-state index in [4.69, 9.17) is 4.74 Å². The van der Waals surface area contributed by atoms with Gasteiger partial charge in [-0.1, -0.05) is 6.07 Å². The number of hydrogen-bond acceptors (Lipinski definition) is 4. The lowest BCUT2D eigenvalue weighted by atomic mass is 10.0. The van der Waals surface area contributed by atoms with Gasteiger partial charge in [0.15, 0.2) is 0 Å². The van der Waals surface area contributed by atoms with Crippen LogP contribution in [-0.4, -0.2) is 41.6 Å². The van der Waals surface area contributed by atoms with Crippen molar-refractivity contribution in [2.45, 2.75) is 32.7 Å². The van der Waals surface area contributed by atoms with Crippen molar-refractivity contribution in [1.29, 1.82) is 0 Å². The lowest BCUT2D eigenvalue weighted by Crippen LogP contribution is -2.49. The van der Waals surface area contributed by atoms with Crippen LogP contribution in [0, 0.1) is 0 Å². The molecule has 1 rings (SSSR count). The van der Waals surface area contributed by atoms with Crippen LogP contribution in [-0.2, 0) is 16.0 Å². The van der Waals surface area contributed by atoms with Crippen molar-refractivity contribution in [2.24, 2.45) is 0 Å². The zero-order chi connectivity index (χ0) is 13.6. The van der Waals surface area contributed by atoms with Gasteiger partial charge in [0.2, 0.25) is 0 Å². The third-order valence-corrected chi connectivity index (χ3v) is 3.19. The fourth-order valence-corrected chi connectivity index (χ4v) is 1.59. The lowest BCUT2D eigenvalue weighted by molar-refractivity contribution is -0.154. The zero-order valence-corrected chi connectivity index (χ0v) is 11.6. The van der Waals surface area contributed by atoms with Crippen molar-refractivity contribution in [3.63, 3.8) is 0 Å². The van der Waals surface area contributed by atoms with E-state index >= 15 is 0 Å². The normalized spacial score (nSPS) is 11.6. The van der Waals surface area contributed by atoms with Crippen LogP contribution in [0.15, 0.2) is 24.5 Å².